The summed E-state index contributed by atoms with van der Waals surface area (Å²) in [6, 6.07) is 30.3. The molecule has 0 aliphatic carbocycles. The van der Waals surface area contributed by atoms with E-state index < -0.39 is 23.9 Å². The molecule has 10 nitrogen and oxygen atoms in total. The fourth-order valence-corrected chi connectivity index (χ4v) is 4.16. The molecule has 0 heterocycles. The number of carbonyl (C=O) groups is 4. The zero-order valence-electron chi connectivity index (χ0n) is 26.1. The van der Waals surface area contributed by atoms with Gasteiger partial charge in [0.2, 0.25) is 0 Å². The van der Waals surface area contributed by atoms with Crippen LogP contribution in [0.2, 0.25) is 0 Å². The highest BCUT2D eigenvalue weighted by Crippen LogP contribution is 2.18. The van der Waals surface area contributed by atoms with Crippen molar-refractivity contribution in [1.82, 2.24) is 0 Å². The van der Waals surface area contributed by atoms with Crippen molar-refractivity contribution in [2.75, 3.05) is 39.6 Å². The summed E-state index contributed by atoms with van der Waals surface area (Å²) in [4.78, 5) is 49.5. The van der Waals surface area contributed by atoms with Gasteiger partial charge in [-0.05, 0) is 42.5 Å². The molecule has 48 heavy (non-hydrogen) atoms. The molecule has 0 aromatic heterocycles. The number of rotatable bonds is 17. The number of ether oxygens (including phenoxy) is 6. The molecule has 0 saturated carbocycles. The number of esters is 4. The molecule has 10 heteroatoms. The SMILES string of the molecule is C=C(OCCOC(=C)c1cccc(C(=O)OCCOC(=O)c2cccc(C(=O)OCCOC(=O)c3ccccc3)c2)c1)c1ccccc1. The molecule has 0 aliphatic heterocycles. The lowest BCUT2D eigenvalue weighted by Crippen LogP contribution is -2.16. The highest BCUT2D eigenvalue weighted by molar-refractivity contribution is 5.95. The third-order valence-corrected chi connectivity index (χ3v) is 6.59. The number of carbonyl (C=O) groups excluding carboxylic acids is 4. The van der Waals surface area contributed by atoms with Crippen molar-refractivity contribution < 1.29 is 47.6 Å². The Morgan fingerprint density at radius 2 is 0.646 bits per heavy atom. The molecular weight excluding hydrogens is 616 g/mol. The quantitative estimate of drug-likeness (QED) is 0.0550. The van der Waals surface area contributed by atoms with Crippen LogP contribution in [0.1, 0.15) is 52.6 Å². The Bertz CT molecular complexity index is 1600. The standard InChI is InChI=1S/C38H34O10/c1-27(29-11-5-3-6-12-29)43-19-20-44-28(2)31-15-9-16-32(25-31)36(40)46-23-24-48-38(42)34-18-10-17-33(26-34)37(41)47-22-21-45-35(39)30-13-7-4-8-14-30/h3-18,25-26H,1-2,19-24H2. The van der Waals surface area contributed by atoms with Crippen LogP contribution in [0.3, 0.4) is 0 Å². The Morgan fingerprint density at radius 3 is 1.08 bits per heavy atom. The van der Waals surface area contributed by atoms with Crippen LogP contribution in [-0.4, -0.2) is 63.5 Å². The first-order valence-electron chi connectivity index (χ1n) is 14.9. The molecule has 0 spiro atoms. The summed E-state index contributed by atoms with van der Waals surface area (Å²) in [5.74, 6) is -1.69. The minimum absolute atomic E-state index is 0.104. The van der Waals surface area contributed by atoms with Gasteiger partial charge in [0.1, 0.15) is 51.2 Å². The predicted octanol–water partition coefficient (Wildman–Crippen LogP) is 6.39. The van der Waals surface area contributed by atoms with E-state index in [-0.39, 0.29) is 56.3 Å². The van der Waals surface area contributed by atoms with Gasteiger partial charge < -0.3 is 28.4 Å². The molecule has 4 aromatic carbocycles. The van der Waals surface area contributed by atoms with Crippen molar-refractivity contribution in [2.24, 2.45) is 0 Å². The van der Waals surface area contributed by atoms with Crippen molar-refractivity contribution in [3.8, 4) is 0 Å². The molecule has 0 saturated heterocycles. The van der Waals surface area contributed by atoms with E-state index in [4.69, 9.17) is 28.4 Å². The Labute approximate surface area is 278 Å². The second-order valence-electron chi connectivity index (χ2n) is 9.98. The Morgan fingerprint density at radius 1 is 0.354 bits per heavy atom. The zero-order chi connectivity index (χ0) is 34.1. The van der Waals surface area contributed by atoms with Crippen LogP contribution < -0.4 is 0 Å². The monoisotopic (exact) mass is 650 g/mol. The lowest BCUT2D eigenvalue weighted by atomic mass is 10.1. The third kappa shape index (κ3) is 10.7. The minimum Gasteiger partial charge on any atom is -0.490 e. The average Bonchev–Trinajstić information content (AvgIpc) is 3.13. The molecule has 0 atom stereocenters. The van der Waals surface area contributed by atoms with Crippen LogP contribution in [0.15, 0.2) is 122 Å². The largest absolute Gasteiger partial charge is 0.490 e. The zero-order valence-corrected chi connectivity index (χ0v) is 26.1. The van der Waals surface area contributed by atoms with Gasteiger partial charge in [-0.3, -0.25) is 0 Å². The molecule has 0 N–H and O–H groups in total. The molecule has 0 fully saturated rings. The summed E-state index contributed by atoms with van der Waals surface area (Å²) < 4.78 is 32.0. The van der Waals surface area contributed by atoms with E-state index in [2.05, 4.69) is 13.2 Å². The first-order chi connectivity index (χ1) is 23.3. The van der Waals surface area contributed by atoms with Crippen molar-refractivity contribution in [1.29, 1.82) is 0 Å². The van der Waals surface area contributed by atoms with Crippen LogP contribution in [0.4, 0.5) is 0 Å². The Balaban J connectivity index is 1.14. The molecule has 246 valence electrons. The van der Waals surface area contributed by atoms with E-state index in [1.807, 2.05) is 30.3 Å². The fourth-order valence-electron chi connectivity index (χ4n) is 4.16. The summed E-state index contributed by atoms with van der Waals surface area (Å²) in [5.41, 5.74) is 2.33. The molecule has 0 aliphatic rings. The highest BCUT2D eigenvalue weighted by Gasteiger charge is 2.15. The fraction of sp³-hybridized carbons (Fsp3) is 0.158. The van der Waals surface area contributed by atoms with Gasteiger partial charge in [0.05, 0.1) is 22.3 Å². The first-order valence-corrected chi connectivity index (χ1v) is 14.9. The average molecular weight is 651 g/mol. The highest BCUT2D eigenvalue weighted by atomic mass is 16.6. The Hall–Kier alpha value is -6.16. The smallest absolute Gasteiger partial charge is 0.338 e. The topological polar surface area (TPSA) is 124 Å². The van der Waals surface area contributed by atoms with Crippen molar-refractivity contribution in [3.05, 3.63) is 156 Å². The molecule has 4 aromatic rings. The molecule has 0 radical (unpaired) electrons. The second-order valence-corrected chi connectivity index (χ2v) is 9.98. The van der Waals surface area contributed by atoms with E-state index in [1.165, 1.54) is 24.3 Å². The van der Waals surface area contributed by atoms with E-state index in [0.717, 1.165) is 5.56 Å². The molecule has 0 unspecified atom stereocenters. The minimum atomic E-state index is -0.718. The number of hydrogen-bond donors (Lipinski definition) is 0. The summed E-state index contributed by atoms with van der Waals surface area (Å²) in [7, 11) is 0. The predicted molar refractivity (Wildman–Crippen MR) is 177 cm³/mol. The molecule has 4 rings (SSSR count). The summed E-state index contributed by atoms with van der Waals surface area (Å²) in [5, 5.41) is 0. The molecule has 0 bridgehead atoms. The van der Waals surface area contributed by atoms with Gasteiger partial charge in [-0.25, -0.2) is 19.2 Å². The molecular formula is C38H34O10. The van der Waals surface area contributed by atoms with E-state index in [9.17, 15) is 19.2 Å². The van der Waals surface area contributed by atoms with Crippen LogP contribution in [0.25, 0.3) is 11.5 Å². The maximum Gasteiger partial charge on any atom is 0.338 e. The van der Waals surface area contributed by atoms with Gasteiger partial charge in [0.15, 0.2) is 0 Å². The van der Waals surface area contributed by atoms with Gasteiger partial charge in [-0.15, -0.1) is 0 Å². The van der Waals surface area contributed by atoms with Crippen LogP contribution in [-0.2, 0) is 28.4 Å². The summed E-state index contributed by atoms with van der Waals surface area (Å²) in [6.07, 6.45) is 0. The lowest BCUT2D eigenvalue weighted by molar-refractivity contribution is 0.0260. The van der Waals surface area contributed by atoms with E-state index in [1.54, 1.807) is 54.6 Å². The third-order valence-electron chi connectivity index (χ3n) is 6.59. The van der Waals surface area contributed by atoms with Gasteiger partial charge in [-0.2, -0.15) is 0 Å². The molecule has 0 amide bonds. The maximum absolute atomic E-state index is 12.6. The normalized spacial score (nSPS) is 10.2. The van der Waals surface area contributed by atoms with E-state index >= 15 is 0 Å². The summed E-state index contributed by atoms with van der Waals surface area (Å²) >= 11 is 0. The number of benzene rings is 4. The lowest BCUT2D eigenvalue weighted by Gasteiger charge is -2.13. The maximum atomic E-state index is 12.6. The van der Waals surface area contributed by atoms with Crippen molar-refractivity contribution in [3.63, 3.8) is 0 Å². The van der Waals surface area contributed by atoms with Gasteiger partial charge in [-0.1, -0.05) is 79.9 Å². The number of hydrogen-bond acceptors (Lipinski definition) is 10. The van der Waals surface area contributed by atoms with Gasteiger partial charge >= 0.3 is 23.9 Å². The van der Waals surface area contributed by atoms with Crippen molar-refractivity contribution >= 4 is 35.4 Å². The summed E-state index contributed by atoms with van der Waals surface area (Å²) in [6.45, 7) is 7.61. The Kier molecular flexibility index (Phi) is 13.1. The second kappa shape index (κ2) is 18.1. The van der Waals surface area contributed by atoms with Gasteiger partial charge in [0, 0.05) is 11.1 Å². The van der Waals surface area contributed by atoms with Crippen LogP contribution in [0.5, 0.6) is 0 Å². The van der Waals surface area contributed by atoms with E-state index in [0.29, 0.717) is 22.6 Å². The van der Waals surface area contributed by atoms with Crippen LogP contribution >= 0.6 is 0 Å². The van der Waals surface area contributed by atoms with Crippen LogP contribution in [0, 0.1) is 0 Å². The van der Waals surface area contributed by atoms with Gasteiger partial charge in [0.25, 0.3) is 0 Å². The van der Waals surface area contributed by atoms with Crippen molar-refractivity contribution in [2.45, 2.75) is 0 Å². The first kappa shape index (κ1) is 34.7.